The number of fused-ring (bicyclic) bond motifs is 1. The molecule has 1 aliphatic heterocycles. The Bertz CT molecular complexity index is 639. The fourth-order valence-corrected chi connectivity index (χ4v) is 2.95. The van der Waals surface area contributed by atoms with Crippen LogP contribution in [0.1, 0.15) is 27.2 Å². The third kappa shape index (κ3) is 3.12. The number of esters is 1. The van der Waals surface area contributed by atoms with Gasteiger partial charge in [0, 0.05) is 0 Å². The maximum Gasteiger partial charge on any atom is 0.410 e. The van der Waals surface area contributed by atoms with Crippen LogP contribution in [0, 0.1) is 5.41 Å². The van der Waals surface area contributed by atoms with Crippen LogP contribution in [0.3, 0.4) is 0 Å². The molecule has 116 valence electrons. The van der Waals surface area contributed by atoms with Crippen molar-refractivity contribution in [2.45, 2.75) is 27.2 Å². The van der Waals surface area contributed by atoms with E-state index in [4.69, 9.17) is 8.92 Å². The highest BCUT2D eigenvalue weighted by molar-refractivity contribution is 7.88. The number of nitrogens with zero attached hydrogens (tertiary/aromatic N) is 1. The molecule has 1 heterocycles. The number of anilines is 1. The molecule has 0 radical (unpaired) electrons. The van der Waals surface area contributed by atoms with Gasteiger partial charge in [-0.15, -0.1) is 0 Å². The smallest absolute Gasteiger partial charge is 0.410 e. The Balaban J connectivity index is 2.02. The summed E-state index contributed by atoms with van der Waals surface area (Å²) < 4.78 is 35.0. The molecule has 0 saturated heterocycles. The van der Waals surface area contributed by atoms with Crippen LogP contribution < -0.4 is 8.49 Å². The summed E-state index contributed by atoms with van der Waals surface area (Å²) in [6.45, 7) is 5.50. The van der Waals surface area contributed by atoms with Crippen LogP contribution in [-0.4, -0.2) is 27.5 Å². The van der Waals surface area contributed by atoms with Gasteiger partial charge in [-0.1, -0.05) is 19.1 Å². The van der Waals surface area contributed by atoms with Crippen molar-refractivity contribution in [2.75, 3.05) is 17.5 Å². The Morgan fingerprint density at radius 2 is 2.00 bits per heavy atom. The molecule has 0 aromatic heterocycles. The zero-order valence-corrected chi connectivity index (χ0v) is 13.1. The van der Waals surface area contributed by atoms with E-state index in [1.54, 1.807) is 38.1 Å². The first-order valence-corrected chi connectivity index (χ1v) is 8.13. The molecule has 0 unspecified atom stereocenters. The van der Waals surface area contributed by atoms with Crippen molar-refractivity contribution in [1.29, 1.82) is 0 Å². The van der Waals surface area contributed by atoms with Crippen LogP contribution in [0.5, 0.6) is 5.75 Å². The average Bonchev–Trinajstić information content (AvgIpc) is 2.69. The molecule has 0 spiro atoms. The van der Waals surface area contributed by atoms with E-state index in [1.165, 1.54) is 0 Å². The maximum absolute atomic E-state index is 11.9. The molecule has 1 aromatic rings. The third-order valence-electron chi connectivity index (χ3n) is 3.56. The molecule has 21 heavy (non-hydrogen) atoms. The van der Waals surface area contributed by atoms with Gasteiger partial charge in [-0.3, -0.25) is 4.79 Å². The summed E-state index contributed by atoms with van der Waals surface area (Å²) in [5.74, 6) is -0.0477. The van der Waals surface area contributed by atoms with Crippen molar-refractivity contribution < 1.29 is 22.1 Å². The van der Waals surface area contributed by atoms with E-state index in [1.807, 2.05) is 6.92 Å². The standard InChI is InChI=1S/C14H19NO5S/c1-4-14(2,3)13(16)19-10-9-15-11-7-5-6-8-12(11)20-21(15,17)18/h5-8H,4,9-10H2,1-3H3. The van der Waals surface area contributed by atoms with Gasteiger partial charge in [0.05, 0.1) is 17.6 Å². The first-order valence-electron chi connectivity index (χ1n) is 6.76. The minimum atomic E-state index is -3.84. The van der Waals surface area contributed by atoms with Gasteiger partial charge in [0.2, 0.25) is 0 Å². The van der Waals surface area contributed by atoms with Crippen molar-refractivity contribution in [1.82, 2.24) is 0 Å². The van der Waals surface area contributed by atoms with Crippen molar-refractivity contribution in [3.63, 3.8) is 0 Å². The summed E-state index contributed by atoms with van der Waals surface area (Å²) >= 11 is 0. The molecule has 0 atom stereocenters. The van der Waals surface area contributed by atoms with Crippen LogP contribution in [0.2, 0.25) is 0 Å². The number of hydrogen-bond acceptors (Lipinski definition) is 5. The predicted octanol–water partition coefficient (Wildman–Crippen LogP) is 2.11. The van der Waals surface area contributed by atoms with E-state index in [0.29, 0.717) is 12.1 Å². The van der Waals surface area contributed by atoms with Crippen LogP contribution in [0.15, 0.2) is 24.3 Å². The number of para-hydroxylation sites is 2. The van der Waals surface area contributed by atoms with Crippen LogP contribution >= 0.6 is 0 Å². The quantitative estimate of drug-likeness (QED) is 0.778. The first-order chi connectivity index (χ1) is 9.78. The van der Waals surface area contributed by atoms with Gasteiger partial charge in [0.25, 0.3) is 0 Å². The largest absolute Gasteiger partial charge is 0.463 e. The molecular formula is C14H19NO5S. The van der Waals surface area contributed by atoms with E-state index < -0.39 is 15.7 Å². The number of hydrogen-bond donors (Lipinski definition) is 0. The number of ether oxygens (including phenoxy) is 1. The molecule has 6 nitrogen and oxygen atoms in total. The Morgan fingerprint density at radius 3 is 2.67 bits per heavy atom. The summed E-state index contributed by atoms with van der Waals surface area (Å²) in [4.78, 5) is 11.9. The second-order valence-corrected chi connectivity index (χ2v) is 6.92. The second-order valence-electron chi connectivity index (χ2n) is 5.45. The predicted molar refractivity (Wildman–Crippen MR) is 78.4 cm³/mol. The van der Waals surface area contributed by atoms with E-state index in [2.05, 4.69) is 0 Å². The maximum atomic E-state index is 11.9. The topological polar surface area (TPSA) is 72.9 Å². The van der Waals surface area contributed by atoms with E-state index in [0.717, 1.165) is 4.31 Å². The molecule has 0 saturated carbocycles. The molecular weight excluding hydrogens is 294 g/mol. The lowest BCUT2D eigenvalue weighted by atomic mass is 9.91. The molecule has 0 amide bonds. The number of rotatable bonds is 5. The zero-order valence-electron chi connectivity index (χ0n) is 12.3. The molecule has 0 aliphatic carbocycles. The molecule has 0 fully saturated rings. The van der Waals surface area contributed by atoms with E-state index in [9.17, 15) is 13.2 Å². The number of benzene rings is 1. The van der Waals surface area contributed by atoms with Gasteiger partial charge >= 0.3 is 16.3 Å². The zero-order chi connectivity index (χ0) is 15.7. The molecule has 0 N–H and O–H groups in total. The van der Waals surface area contributed by atoms with E-state index in [-0.39, 0.29) is 24.9 Å². The lowest BCUT2D eigenvalue weighted by molar-refractivity contribution is -0.153. The van der Waals surface area contributed by atoms with Gasteiger partial charge in [-0.2, -0.15) is 8.42 Å². The molecule has 2 rings (SSSR count). The first kappa shape index (κ1) is 15.6. The molecule has 7 heteroatoms. The van der Waals surface area contributed by atoms with E-state index >= 15 is 0 Å². The van der Waals surface area contributed by atoms with Gasteiger partial charge in [-0.05, 0) is 32.4 Å². The molecule has 0 bridgehead atoms. The summed E-state index contributed by atoms with van der Waals surface area (Å²) in [7, 11) is -3.84. The lowest BCUT2D eigenvalue weighted by Crippen LogP contribution is -2.34. The van der Waals surface area contributed by atoms with Gasteiger partial charge in [0.15, 0.2) is 5.75 Å². The summed E-state index contributed by atoms with van der Waals surface area (Å²) in [6, 6.07) is 6.65. The second kappa shape index (κ2) is 5.55. The monoisotopic (exact) mass is 313 g/mol. The van der Waals surface area contributed by atoms with Crippen LogP contribution in [-0.2, 0) is 19.8 Å². The highest BCUT2D eigenvalue weighted by atomic mass is 32.2. The summed E-state index contributed by atoms with van der Waals surface area (Å²) in [6.07, 6.45) is 0.653. The normalized spacial score (nSPS) is 16.2. The van der Waals surface area contributed by atoms with Crippen molar-refractivity contribution >= 4 is 22.0 Å². The lowest BCUT2D eigenvalue weighted by Gasteiger charge is -2.21. The number of carbonyl (C=O) groups excluding carboxylic acids is 1. The van der Waals surface area contributed by atoms with Crippen molar-refractivity contribution in [3.05, 3.63) is 24.3 Å². The highest BCUT2D eigenvalue weighted by Gasteiger charge is 2.35. The fraction of sp³-hybridized carbons (Fsp3) is 0.500. The Kier molecular flexibility index (Phi) is 4.13. The summed E-state index contributed by atoms with van der Waals surface area (Å²) in [5, 5.41) is 0. The Labute approximate surface area is 124 Å². The SMILES string of the molecule is CCC(C)(C)C(=O)OCCN1c2ccccc2OS1(=O)=O. The van der Waals surface area contributed by atoms with Crippen LogP contribution in [0.4, 0.5) is 5.69 Å². The van der Waals surface area contributed by atoms with Crippen molar-refractivity contribution in [3.8, 4) is 5.75 Å². The van der Waals surface area contributed by atoms with Gasteiger partial charge < -0.3 is 8.92 Å². The van der Waals surface area contributed by atoms with Gasteiger partial charge in [0.1, 0.15) is 6.61 Å². The highest BCUT2D eigenvalue weighted by Crippen LogP contribution is 2.37. The Morgan fingerprint density at radius 1 is 1.33 bits per heavy atom. The molecule has 1 aromatic carbocycles. The fourth-order valence-electron chi connectivity index (χ4n) is 1.81. The van der Waals surface area contributed by atoms with Crippen molar-refractivity contribution in [2.24, 2.45) is 5.41 Å². The van der Waals surface area contributed by atoms with Crippen LogP contribution in [0.25, 0.3) is 0 Å². The number of carbonyl (C=O) groups is 1. The average molecular weight is 313 g/mol. The van der Waals surface area contributed by atoms with Gasteiger partial charge in [-0.25, -0.2) is 4.31 Å². The molecule has 1 aliphatic rings. The minimum absolute atomic E-state index is 0.0147. The summed E-state index contributed by atoms with van der Waals surface area (Å²) in [5.41, 5.74) is -0.110. The third-order valence-corrected chi connectivity index (χ3v) is 4.87. The Hall–Kier alpha value is -1.76. The minimum Gasteiger partial charge on any atom is -0.463 e.